The maximum atomic E-state index is 13.3. The first-order valence-electron chi connectivity index (χ1n) is 12.2. The number of hydrogen-bond donors (Lipinski definition) is 2. The number of urea groups is 1. The van der Waals surface area contributed by atoms with E-state index in [-0.39, 0.29) is 36.3 Å². The molecule has 0 bridgehead atoms. The monoisotopic (exact) mass is 540 g/mol. The number of carbonyl (C=O) groups excluding carboxylic acids is 3. The van der Waals surface area contributed by atoms with Crippen molar-refractivity contribution in [1.82, 2.24) is 20.4 Å². The predicted octanol–water partition coefficient (Wildman–Crippen LogP) is 4.24. The molecule has 35 heavy (non-hydrogen) atoms. The molecule has 0 unspecified atom stereocenters. The summed E-state index contributed by atoms with van der Waals surface area (Å²) in [7, 11) is 0. The Morgan fingerprint density at radius 1 is 1.06 bits per heavy atom. The maximum absolute atomic E-state index is 13.3. The highest BCUT2D eigenvalue weighted by Crippen LogP contribution is 2.31. The Morgan fingerprint density at radius 2 is 1.71 bits per heavy atom. The zero-order valence-electron chi connectivity index (χ0n) is 20.3. The number of likely N-dealkylation sites (tertiary alicyclic amines) is 1. The number of nitrogens with one attached hydrogen (secondary N) is 2. The molecule has 2 aromatic rings. The Balaban J connectivity index is 1.34. The average Bonchev–Trinajstić information content (AvgIpc) is 3.08. The zero-order chi connectivity index (χ0) is 25.0. The highest BCUT2D eigenvalue weighted by atomic mass is 79.9. The Hall–Kier alpha value is -2.71. The van der Waals surface area contributed by atoms with Crippen LogP contribution in [-0.4, -0.2) is 52.8 Å². The number of piperidine rings is 1. The third-order valence-electron chi connectivity index (χ3n) is 6.99. The van der Waals surface area contributed by atoms with Gasteiger partial charge in [-0.05, 0) is 42.5 Å². The molecule has 186 valence electrons. The predicted molar refractivity (Wildman–Crippen MR) is 138 cm³/mol. The molecule has 4 amide bonds. The lowest BCUT2D eigenvalue weighted by molar-refractivity contribution is -0.133. The van der Waals surface area contributed by atoms with Crippen LogP contribution in [0.2, 0.25) is 0 Å². The van der Waals surface area contributed by atoms with Gasteiger partial charge in [0.15, 0.2) is 0 Å². The third kappa shape index (κ3) is 5.93. The van der Waals surface area contributed by atoms with Crippen molar-refractivity contribution in [2.45, 2.75) is 51.2 Å². The minimum Gasteiger partial charge on any atom is -0.349 e. The van der Waals surface area contributed by atoms with Crippen molar-refractivity contribution in [2.75, 3.05) is 19.6 Å². The molecule has 2 aromatic carbocycles. The molecular formula is C27H33BrN4O3. The van der Waals surface area contributed by atoms with Crippen LogP contribution >= 0.6 is 15.9 Å². The average molecular weight is 541 g/mol. The molecule has 0 aromatic heterocycles. The van der Waals surface area contributed by atoms with Gasteiger partial charge < -0.3 is 15.5 Å². The van der Waals surface area contributed by atoms with Crippen molar-refractivity contribution in [1.29, 1.82) is 0 Å². The van der Waals surface area contributed by atoms with Crippen molar-refractivity contribution in [2.24, 2.45) is 5.92 Å². The number of nitrogens with zero attached hydrogens (tertiary/aromatic N) is 2. The summed E-state index contributed by atoms with van der Waals surface area (Å²) in [6.07, 6.45) is 1.96. The van der Waals surface area contributed by atoms with E-state index >= 15 is 0 Å². The fourth-order valence-corrected chi connectivity index (χ4v) is 5.01. The summed E-state index contributed by atoms with van der Waals surface area (Å²) >= 11 is 3.41. The number of hydrogen-bond acceptors (Lipinski definition) is 4. The molecular weight excluding hydrogens is 508 g/mol. The van der Waals surface area contributed by atoms with Crippen molar-refractivity contribution >= 4 is 33.8 Å². The Kier molecular flexibility index (Phi) is 7.91. The first-order chi connectivity index (χ1) is 16.8. The van der Waals surface area contributed by atoms with Crippen molar-refractivity contribution in [3.05, 3.63) is 70.2 Å². The first-order valence-corrected chi connectivity index (χ1v) is 13.0. The van der Waals surface area contributed by atoms with Crippen molar-refractivity contribution in [3.8, 4) is 0 Å². The van der Waals surface area contributed by atoms with Crippen LogP contribution in [0.1, 0.15) is 50.3 Å². The molecule has 1 spiro atoms. The topological polar surface area (TPSA) is 81.8 Å². The number of imide groups is 1. The Bertz CT molecular complexity index is 1050. The summed E-state index contributed by atoms with van der Waals surface area (Å²) in [5, 5.41) is 6.17. The van der Waals surface area contributed by atoms with Gasteiger partial charge in [0.2, 0.25) is 5.91 Å². The van der Waals surface area contributed by atoms with Gasteiger partial charge in [-0.2, -0.15) is 0 Å². The smallest absolute Gasteiger partial charge is 0.325 e. The summed E-state index contributed by atoms with van der Waals surface area (Å²) in [6.45, 7) is 6.31. The molecule has 2 heterocycles. The van der Waals surface area contributed by atoms with E-state index in [1.54, 1.807) is 0 Å². The SMILES string of the molecule is CC(C)C(=O)N[C@@H](CCN1CCC2(CC1)NC(=O)N(Cc1ccc(Br)cc1)C2=O)c1ccccc1. The van der Waals surface area contributed by atoms with Crippen molar-refractivity contribution in [3.63, 3.8) is 0 Å². The van der Waals surface area contributed by atoms with Gasteiger partial charge in [0.1, 0.15) is 5.54 Å². The molecule has 2 fully saturated rings. The van der Waals surface area contributed by atoms with Crippen LogP contribution in [-0.2, 0) is 16.1 Å². The standard InChI is InChI=1S/C27H33BrN4O3/c1-19(2)24(33)29-23(21-6-4-3-5-7-21)12-15-31-16-13-27(14-17-31)25(34)32(26(35)30-27)18-20-8-10-22(28)11-9-20/h3-11,19,23H,12-18H2,1-2H3,(H,29,33)(H,30,35)/t23-/m0/s1. The van der Waals surface area contributed by atoms with Crippen LogP contribution < -0.4 is 10.6 Å². The molecule has 7 nitrogen and oxygen atoms in total. The lowest BCUT2D eigenvalue weighted by Gasteiger charge is -2.37. The van der Waals surface area contributed by atoms with E-state index in [0.717, 1.165) is 41.7 Å². The van der Waals surface area contributed by atoms with Gasteiger partial charge in [-0.15, -0.1) is 0 Å². The maximum Gasteiger partial charge on any atom is 0.325 e. The highest BCUT2D eigenvalue weighted by molar-refractivity contribution is 9.10. The fourth-order valence-electron chi connectivity index (χ4n) is 4.75. The van der Waals surface area contributed by atoms with E-state index in [1.165, 1.54) is 4.90 Å². The molecule has 0 aliphatic carbocycles. The Morgan fingerprint density at radius 3 is 2.34 bits per heavy atom. The highest BCUT2D eigenvalue weighted by Gasteiger charge is 2.52. The summed E-state index contributed by atoms with van der Waals surface area (Å²) in [5.74, 6) is -0.161. The zero-order valence-corrected chi connectivity index (χ0v) is 21.9. The van der Waals surface area contributed by atoms with Gasteiger partial charge >= 0.3 is 6.03 Å². The molecule has 2 N–H and O–H groups in total. The fraction of sp³-hybridized carbons (Fsp3) is 0.444. The Labute approximate surface area is 215 Å². The van der Waals surface area contributed by atoms with Gasteiger partial charge in [0, 0.05) is 30.0 Å². The summed E-state index contributed by atoms with van der Waals surface area (Å²) in [5.41, 5.74) is 1.20. The van der Waals surface area contributed by atoms with Crippen LogP contribution in [0.15, 0.2) is 59.1 Å². The lowest BCUT2D eigenvalue weighted by atomic mass is 9.87. The molecule has 0 radical (unpaired) electrons. The van der Waals surface area contributed by atoms with Gasteiger partial charge in [0.25, 0.3) is 5.91 Å². The lowest BCUT2D eigenvalue weighted by Crippen LogP contribution is -2.55. The van der Waals surface area contributed by atoms with E-state index in [0.29, 0.717) is 12.8 Å². The number of rotatable bonds is 8. The minimum absolute atomic E-state index is 0.0431. The third-order valence-corrected chi connectivity index (χ3v) is 7.51. The normalized spacial score (nSPS) is 18.7. The van der Waals surface area contributed by atoms with Gasteiger partial charge in [-0.1, -0.05) is 72.2 Å². The van der Waals surface area contributed by atoms with Crippen LogP contribution in [0.25, 0.3) is 0 Å². The first kappa shape index (κ1) is 25.4. The van der Waals surface area contributed by atoms with E-state index in [4.69, 9.17) is 0 Å². The number of halogens is 1. The second-order valence-corrected chi connectivity index (χ2v) is 10.7. The quantitative estimate of drug-likeness (QED) is 0.490. The van der Waals surface area contributed by atoms with Crippen molar-refractivity contribution < 1.29 is 14.4 Å². The second kappa shape index (κ2) is 10.9. The molecule has 4 rings (SSSR count). The van der Waals surface area contributed by atoms with E-state index < -0.39 is 5.54 Å². The van der Waals surface area contributed by atoms with Crippen LogP contribution in [0.4, 0.5) is 4.79 Å². The van der Waals surface area contributed by atoms with Gasteiger partial charge in [-0.3, -0.25) is 14.5 Å². The van der Waals surface area contributed by atoms with Crippen LogP contribution in [0.5, 0.6) is 0 Å². The molecule has 2 aliphatic heterocycles. The molecule has 1 atom stereocenters. The van der Waals surface area contributed by atoms with Crippen LogP contribution in [0.3, 0.4) is 0 Å². The summed E-state index contributed by atoms with van der Waals surface area (Å²) in [6, 6.07) is 17.3. The summed E-state index contributed by atoms with van der Waals surface area (Å²) < 4.78 is 0.959. The second-order valence-electron chi connectivity index (χ2n) is 9.79. The number of amides is 4. The molecule has 2 aliphatic rings. The number of carbonyl (C=O) groups is 3. The van der Waals surface area contributed by atoms with E-state index in [1.807, 2.05) is 68.4 Å². The number of benzene rings is 2. The van der Waals surface area contributed by atoms with Gasteiger partial charge in [-0.25, -0.2) is 4.79 Å². The largest absolute Gasteiger partial charge is 0.349 e. The van der Waals surface area contributed by atoms with Crippen LogP contribution in [0, 0.1) is 5.92 Å². The van der Waals surface area contributed by atoms with E-state index in [9.17, 15) is 14.4 Å². The molecule has 0 saturated carbocycles. The summed E-state index contributed by atoms with van der Waals surface area (Å²) in [4.78, 5) is 42.0. The molecule has 8 heteroatoms. The van der Waals surface area contributed by atoms with E-state index in [2.05, 4.69) is 31.5 Å². The van der Waals surface area contributed by atoms with Gasteiger partial charge in [0.05, 0.1) is 12.6 Å². The minimum atomic E-state index is -0.812. The molecule has 2 saturated heterocycles.